The van der Waals surface area contributed by atoms with Gasteiger partial charge in [-0.25, -0.2) is 4.98 Å². The summed E-state index contributed by atoms with van der Waals surface area (Å²) in [5, 5.41) is 0.672. The summed E-state index contributed by atoms with van der Waals surface area (Å²) in [6, 6.07) is 15.2. The summed E-state index contributed by atoms with van der Waals surface area (Å²) >= 11 is 1.50. The second kappa shape index (κ2) is 8.58. The lowest BCUT2D eigenvalue weighted by Crippen LogP contribution is -2.40. The Bertz CT molecular complexity index is 919. The van der Waals surface area contributed by atoms with Gasteiger partial charge in [0, 0.05) is 6.61 Å². The van der Waals surface area contributed by atoms with Crippen LogP contribution in [0.25, 0.3) is 10.2 Å². The molecule has 1 aromatic heterocycles. The number of rotatable bonds is 7. The van der Waals surface area contributed by atoms with Gasteiger partial charge in [-0.3, -0.25) is 9.69 Å². The number of ether oxygens (including phenoxy) is 3. The molecule has 7 heteroatoms. The summed E-state index contributed by atoms with van der Waals surface area (Å²) in [7, 11) is 1.58. The molecule has 28 heavy (non-hydrogen) atoms. The second-order valence-electron chi connectivity index (χ2n) is 6.54. The summed E-state index contributed by atoms with van der Waals surface area (Å²) in [5.41, 5.74) is 0.887. The number of methoxy groups -OCH3 is 1. The first-order valence-electron chi connectivity index (χ1n) is 9.28. The zero-order valence-corrected chi connectivity index (χ0v) is 16.5. The highest BCUT2D eigenvalue weighted by molar-refractivity contribution is 7.22. The summed E-state index contributed by atoms with van der Waals surface area (Å²) in [5.74, 6) is 0.987. The highest BCUT2D eigenvalue weighted by atomic mass is 32.1. The van der Waals surface area contributed by atoms with Gasteiger partial charge in [-0.15, -0.1) is 0 Å². The van der Waals surface area contributed by atoms with Gasteiger partial charge in [-0.05, 0) is 37.1 Å². The standard InChI is InChI=1S/C21H22N2O4S/c1-25-17-9-3-4-10-18(17)27-14-20(24)23(13-15-7-6-12-26-15)21-22-16-8-2-5-11-19(16)28-21/h2-5,8-11,15H,6-7,12-14H2,1H3/t15-/m1/s1. The molecule has 6 nitrogen and oxygen atoms in total. The average molecular weight is 398 g/mol. The smallest absolute Gasteiger partial charge is 0.266 e. The van der Waals surface area contributed by atoms with Crippen LogP contribution in [0, 0.1) is 0 Å². The number of benzene rings is 2. The van der Waals surface area contributed by atoms with Crippen LogP contribution in [-0.4, -0.2) is 43.9 Å². The van der Waals surface area contributed by atoms with Crippen LogP contribution >= 0.6 is 11.3 Å². The van der Waals surface area contributed by atoms with Crippen molar-refractivity contribution in [3.8, 4) is 11.5 Å². The maximum absolute atomic E-state index is 13.1. The van der Waals surface area contributed by atoms with Crippen molar-refractivity contribution in [3.63, 3.8) is 0 Å². The van der Waals surface area contributed by atoms with Crippen molar-refractivity contribution in [2.45, 2.75) is 18.9 Å². The number of hydrogen-bond acceptors (Lipinski definition) is 6. The number of amides is 1. The highest BCUT2D eigenvalue weighted by Crippen LogP contribution is 2.30. The molecule has 2 aromatic carbocycles. The molecule has 0 saturated carbocycles. The lowest BCUT2D eigenvalue weighted by molar-refractivity contribution is -0.121. The van der Waals surface area contributed by atoms with Crippen molar-refractivity contribution in [2.75, 3.05) is 31.8 Å². The molecule has 1 amide bonds. The predicted octanol–water partition coefficient (Wildman–Crippen LogP) is 3.90. The number of hydrogen-bond donors (Lipinski definition) is 0. The molecule has 0 bridgehead atoms. The largest absolute Gasteiger partial charge is 0.493 e. The minimum atomic E-state index is -0.152. The molecule has 1 saturated heterocycles. The molecule has 0 N–H and O–H groups in total. The van der Waals surface area contributed by atoms with E-state index in [9.17, 15) is 4.79 Å². The molecular weight excluding hydrogens is 376 g/mol. The third-order valence-electron chi connectivity index (χ3n) is 4.64. The van der Waals surface area contributed by atoms with Gasteiger partial charge in [0.05, 0.1) is 30.0 Å². The Hall–Kier alpha value is -2.64. The summed E-state index contributed by atoms with van der Waals surface area (Å²) in [6.45, 7) is 1.13. The Morgan fingerprint density at radius 3 is 2.75 bits per heavy atom. The van der Waals surface area contributed by atoms with E-state index in [1.807, 2.05) is 36.4 Å². The Kier molecular flexibility index (Phi) is 5.73. The molecule has 1 fully saturated rings. The van der Waals surface area contributed by atoms with Crippen molar-refractivity contribution in [3.05, 3.63) is 48.5 Å². The van der Waals surface area contributed by atoms with Crippen LogP contribution < -0.4 is 14.4 Å². The van der Waals surface area contributed by atoms with Crippen LogP contribution in [0.3, 0.4) is 0 Å². The van der Waals surface area contributed by atoms with Crippen molar-refractivity contribution >= 4 is 32.6 Å². The van der Waals surface area contributed by atoms with Crippen molar-refractivity contribution in [1.82, 2.24) is 4.98 Å². The maximum atomic E-state index is 13.1. The summed E-state index contributed by atoms with van der Waals surface area (Å²) in [6.07, 6.45) is 1.99. The Morgan fingerprint density at radius 2 is 2.00 bits per heavy atom. The SMILES string of the molecule is COc1ccccc1OCC(=O)N(C[C@H]1CCCO1)c1nc2ccccc2s1. The van der Waals surface area contributed by atoms with E-state index in [1.165, 1.54) is 11.3 Å². The number of aromatic nitrogens is 1. The molecular formula is C21H22N2O4S. The normalized spacial score (nSPS) is 16.2. The fourth-order valence-electron chi connectivity index (χ4n) is 3.21. The monoisotopic (exact) mass is 398 g/mol. The molecule has 2 heterocycles. The third-order valence-corrected chi connectivity index (χ3v) is 5.70. The highest BCUT2D eigenvalue weighted by Gasteiger charge is 2.26. The van der Waals surface area contributed by atoms with E-state index >= 15 is 0 Å². The zero-order chi connectivity index (χ0) is 19.3. The Morgan fingerprint density at radius 1 is 1.21 bits per heavy atom. The lowest BCUT2D eigenvalue weighted by atomic mass is 10.2. The first kappa shape index (κ1) is 18.7. The molecule has 1 atom stereocenters. The van der Waals surface area contributed by atoms with Gasteiger partial charge in [-0.2, -0.15) is 0 Å². The van der Waals surface area contributed by atoms with E-state index in [4.69, 9.17) is 14.2 Å². The van der Waals surface area contributed by atoms with Crippen LogP contribution in [0.2, 0.25) is 0 Å². The van der Waals surface area contributed by atoms with E-state index < -0.39 is 0 Å². The first-order valence-corrected chi connectivity index (χ1v) is 10.1. The Labute approximate surface area is 167 Å². The molecule has 0 aliphatic carbocycles. The zero-order valence-electron chi connectivity index (χ0n) is 15.7. The van der Waals surface area contributed by atoms with Crippen molar-refractivity contribution < 1.29 is 19.0 Å². The van der Waals surface area contributed by atoms with E-state index in [1.54, 1.807) is 24.1 Å². The van der Waals surface area contributed by atoms with Gasteiger partial charge < -0.3 is 14.2 Å². The quantitative estimate of drug-likeness (QED) is 0.604. The third kappa shape index (κ3) is 4.10. The van der Waals surface area contributed by atoms with Crippen LogP contribution in [0.5, 0.6) is 11.5 Å². The van der Waals surface area contributed by atoms with Gasteiger partial charge in [0.2, 0.25) is 0 Å². The van der Waals surface area contributed by atoms with Crippen LogP contribution in [0.15, 0.2) is 48.5 Å². The Balaban J connectivity index is 1.54. The van der Waals surface area contributed by atoms with E-state index in [-0.39, 0.29) is 18.6 Å². The molecule has 1 aliphatic heterocycles. The second-order valence-corrected chi connectivity index (χ2v) is 7.55. The number of thiazole rings is 1. The summed E-state index contributed by atoms with van der Waals surface area (Å²) < 4.78 is 17.8. The van der Waals surface area contributed by atoms with E-state index in [0.29, 0.717) is 23.2 Å². The topological polar surface area (TPSA) is 60.9 Å². The number of carbonyl (C=O) groups is 1. The van der Waals surface area contributed by atoms with Gasteiger partial charge in [0.1, 0.15) is 0 Å². The first-order chi connectivity index (χ1) is 13.7. The van der Waals surface area contributed by atoms with E-state index in [0.717, 1.165) is 29.7 Å². The predicted molar refractivity (Wildman–Crippen MR) is 109 cm³/mol. The fourth-order valence-corrected chi connectivity index (χ4v) is 4.20. The number of carbonyl (C=O) groups excluding carboxylic acids is 1. The van der Waals surface area contributed by atoms with Crippen molar-refractivity contribution in [1.29, 1.82) is 0 Å². The minimum Gasteiger partial charge on any atom is -0.493 e. The van der Waals surface area contributed by atoms with Gasteiger partial charge in [0.25, 0.3) is 5.91 Å². The molecule has 3 aromatic rings. The number of para-hydroxylation sites is 3. The van der Waals surface area contributed by atoms with Gasteiger partial charge >= 0.3 is 0 Å². The van der Waals surface area contributed by atoms with Crippen LogP contribution in [0.4, 0.5) is 5.13 Å². The summed E-state index contributed by atoms with van der Waals surface area (Å²) in [4.78, 5) is 19.4. The molecule has 0 spiro atoms. The molecule has 0 unspecified atom stereocenters. The average Bonchev–Trinajstić information content (AvgIpc) is 3.39. The van der Waals surface area contributed by atoms with E-state index in [2.05, 4.69) is 4.98 Å². The van der Waals surface area contributed by atoms with Crippen molar-refractivity contribution in [2.24, 2.45) is 0 Å². The molecule has 0 radical (unpaired) electrons. The minimum absolute atomic E-state index is 0.0298. The number of anilines is 1. The molecule has 4 rings (SSSR count). The number of nitrogens with zero attached hydrogens (tertiary/aromatic N) is 2. The van der Waals surface area contributed by atoms with Gasteiger partial charge in [0.15, 0.2) is 23.2 Å². The maximum Gasteiger partial charge on any atom is 0.266 e. The number of fused-ring (bicyclic) bond motifs is 1. The fraction of sp³-hybridized carbons (Fsp3) is 0.333. The lowest BCUT2D eigenvalue weighted by Gasteiger charge is -2.23. The van der Waals surface area contributed by atoms with Gasteiger partial charge in [-0.1, -0.05) is 35.6 Å². The molecule has 1 aliphatic rings. The van der Waals surface area contributed by atoms with Crippen LogP contribution in [-0.2, 0) is 9.53 Å². The molecule has 146 valence electrons. The van der Waals surface area contributed by atoms with Crippen LogP contribution in [0.1, 0.15) is 12.8 Å².